The lowest BCUT2D eigenvalue weighted by molar-refractivity contribution is -0.141. The predicted molar refractivity (Wildman–Crippen MR) is 103 cm³/mol. The van der Waals surface area contributed by atoms with Crippen molar-refractivity contribution in [1.29, 1.82) is 0 Å². The molecule has 1 amide bonds. The van der Waals surface area contributed by atoms with Crippen molar-refractivity contribution in [1.82, 2.24) is 5.32 Å². The van der Waals surface area contributed by atoms with Crippen LogP contribution in [-0.2, 0) is 9.22 Å². The lowest BCUT2D eigenvalue weighted by atomic mass is 9.75. The SMILES string of the molecule is C[C@@H](O[Si](C)(C)C(C)(C)C)[C@H]1C(=O)N[C@@H]1[C@@H]1COc2ccccc2C1=O. The highest BCUT2D eigenvalue weighted by Gasteiger charge is 2.52. The summed E-state index contributed by atoms with van der Waals surface area (Å²) in [4.78, 5) is 25.2. The molecular formula is C20H29NO4Si. The van der Waals surface area contributed by atoms with Crippen LogP contribution < -0.4 is 10.1 Å². The third kappa shape index (κ3) is 3.20. The summed E-state index contributed by atoms with van der Waals surface area (Å²) in [6, 6.07) is 7.05. The molecule has 0 aromatic heterocycles. The maximum atomic E-state index is 12.9. The molecule has 0 spiro atoms. The number of amides is 1. The quantitative estimate of drug-likeness (QED) is 0.647. The Morgan fingerprint density at radius 1 is 1.23 bits per heavy atom. The van der Waals surface area contributed by atoms with Crippen molar-refractivity contribution in [3.8, 4) is 5.75 Å². The number of para-hydroxylation sites is 1. The second-order valence-electron chi connectivity index (χ2n) is 8.92. The lowest BCUT2D eigenvalue weighted by Gasteiger charge is -2.47. The van der Waals surface area contributed by atoms with E-state index in [0.29, 0.717) is 17.9 Å². The highest BCUT2D eigenvalue weighted by molar-refractivity contribution is 6.74. The third-order valence-electron chi connectivity index (χ3n) is 6.13. The van der Waals surface area contributed by atoms with Gasteiger partial charge in [-0.2, -0.15) is 0 Å². The van der Waals surface area contributed by atoms with E-state index >= 15 is 0 Å². The first-order valence-electron chi connectivity index (χ1n) is 9.27. The monoisotopic (exact) mass is 375 g/mol. The maximum absolute atomic E-state index is 12.9. The van der Waals surface area contributed by atoms with Crippen LogP contribution in [0, 0.1) is 11.8 Å². The number of hydrogen-bond donors (Lipinski definition) is 1. The topological polar surface area (TPSA) is 64.6 Å². The van der Waals surface area contributed by atoms with Crippen molar-refractivity contribution in [3.05, 3.63) is 29.8 Å². The van der Waals surface area contributed by atoms with Gasteiger partial charge >= 0.3 is 0 Å². The molecular weight excluding hydrogens is 346 g/mol. The molecule has 6 heteroatoms. The minimum Gasteiger partial charge on any atom is -0.492 e. The van der Waals surface area contributed by atoms with Gasteiger partial charge in [-0.1, -0.05) is 32.9 Å². The number of fused-ring (bicyclic) bond motifs is 1. The Labute approximate surface area is 156 Å². The number of Topliss-reactive ketones (excluding diaryl/α,β-unsaturated/α-hetero) is 1. The Bertz CT molecular complexity index is 725. The number of benzene rings is 1. The number of β-lactam (4-membered cyclic amide) rings is 1. The van der Waals surface area contributed by atoms with Gasteiger partial charge in [-0.3, -0.25) is 9.59 Å². The molecule has 26 heavy (non-hydrogen) atoms. The Kier molecular flexibility index (Phi) is 4.77. The first-order chi connectivity index (χ1) is 12.0. The van der Waals surface area contributed by atoms with Crippen LogP contribution in [0.1, 0.15) is 38.1 Å². The molecule has 2 heterocycles. The van der Waals surface area contributed by atoms with E-state index in [9.17, 15) is 9.59 Å². The summed E-state index contributed by atoms with van der Waals surface area (Å²) >= 11 is 0. The summed E-state index contributed by atoms with van der Waals surface area (Å²) in [6.45, 7) is 13.2. The summed E-state index contributed by atoms with van der Waals surface area (Å²) in [7, 11) is -1.99. The molecule has 1 saturated heterocycles. The number of ether oxygens (including phenoxy) is 1. The van der Waals surface area contributed by atoms with Gasteiger partial charge in [0.15, 0.2) is 14.1 Å². The zero-order valence-electron chi connectivity index (χ0n) is 16.5. The minimum absolute atomic E-state index is 0.0344. The Hall–Kier alpha value is -1.66. The summed E-state index contributed by atoms with van der Waals surface area (Å²) in [5, 5.41) is 2.99. The van der Waals surface area contributed by atoms with Crippen LogP contribution in [0.3, 0.4) is 0 Å². The number of carbonyl (C=O) groups excluding carboxylic acids is 2. The van der Waals surface area contributed by atoms with Crippen molar-refractivity contribution in [2.24, 2.45) is 11.8 Å². The first-order valence-corrected chi connectivity index (χ1v) is 12.2. The van der Waals surface area contributed by atoms with Gasteiger partial charge in [-0.05, 0) is 37.2 Å². The molecule has 0 saturated carbocycles. The third-order valence-corrected chi connectivity index (χ3v) is 10.7. The second-order valence-corrected chi connectivity index (χ2v) is 13.7. The number of ketones is 1. The zero-order chi connectivity index (χ0) is 19.3. The van der Waals surface area contributed by atoms with Crippen molar-refractivity contribution < 1.29 is 18.8 Å². The first kappa shape index (κ1) is 19.1. The van der Waals surface area contributed by atoms with Crippen LogP contribution in [0.5, 0.6) is 5.75 Å². The van der Waals surface area contributed by atoms with E-state index in [1.165, 1.54) is 0 Å². The van der Waals surface area contributed by atoms with Crippen LogP contribution in [0.25, 0.3) is 0 Å². The van der Waals surface area contributed by atoms with Crippen LogP contribution in [0.2, 0.25) is 18.1 Å². The fourth-order valence-electron chi connectivity index (χ4n) is 3.51. The van der Waals surface area contributed by atoms with Crippen LogP contribution in [0.15, 0.2) is 24.3 Å². The molecule has 1 aromatic carbocycles. The van der Waals surface area contributed by atoms with E-state index in [1.807, 2.05) is 25.1 Å². The summed E-state index contributed by atoms with van der Waals surface area (Å²) in [5.41, 5.74) is 0.599. The molecule has 4 atom stereocenters. The minimum atomic E-state index is -1.99. The lowest BCUT2D eigenvalue weighted by Crippen LogP contribution is -2.68. The molecule has 1 N–H and O–H groups in total. The smallest absolute Gasteiger partial charge is 0.228 e. The maximum Gasteiger partial charge on any atom is 0.228 e. The number of rotatable bonds is 4. The van der Waals surface area contributed by atoms with Crippen molar-refractivity contribution in [2.75, 3.05) is 6.61 Å². The molecule has 142 valence electrons. The molecule has 0 bridgehead atoms. The molecule has 3 rings (SSSR count). The van der Waals surface area contributed by atoms with E-state index < -0.39 is 8.32 Å². The number of hydrogen-bond acceptors (Lipinski definition) is 4. The van der Waals surface area contributed by atoms with Gasteiger partial charge in [0.05, 0.1) is 29.5 Å². The van der Waals surface area contributed by atoms with Gasteiger partial charge in [0.2, 0.25) is 5.91 Å². The fourth-order valence-corrected chi connectivity index (χ4v) is 4.94. The number of carbonyl (C=O) groups is 2. The largest absolute Gasteiger partial charge is 0.492 e. The van der Waals surface area contributed by atoms with E-state index in [0.717, 1.165) is 0 Å². The van der Waals surface area contributed by atoms with Crippen molar-refractivity contribution in [3.63, 3.8) is 0 Å². The summed E-state index contributed by atoms with van der Waals surface area (Å²) in [6.07, 6.45) is -0.223. The molecule has 0 aliphatic carbocycles. The second kappa shape index (κ2) is 6.50. The summed E-state index contributed by atoms with van der Waals surface area (Å²) < 4.78 is 12.2. The van der Waals surface area contributed by atoms with E-state index in [-0.39, 0.29) is 40.7 Å². The standard InChI is InChI=1S/C20H29NO4Si/c1-12(25-26(5,6)20(2,3)4)16-17(21-19(16)23)14-11-24-15-10-8-7-9-13(15)18(14)22/h7-10,12,14,16-17H,11H2,1-6H3,(H,21,23)/t12-,14+,16-,17-/m1/s1. The van der Waals surface area contributed by atoms with Gasteiger partial charge in [-0.15, -0.1) is 0 Å². The highest BCUT2D eigenvalue weighted by atomic mass is 28.4. The van der Waals surface area contributed by atoms with Gasteiger partial charge in [0.25, 0.3) is 0 Å². The molecule has 2 aliphatic heterocycles. The van der Waals surface area contributed by atoms with Crippen LogP contribution in [0.4, 0.5) is 0 Å². The predicted octanol–water partition coefficient (Wildman–Crippen LogP) is 3.40. The van der Waals surface area contributed by atoms with Crippen molar-refractivity contribution in [2.45, 2.75) is 58.0 Å². The fraction of sp³-hybridized carbons (Fsp3) is 0.600. The normalized spacial score (nSPS) is 27.1. The van der Waals surface area contributed by atoms with E-state index in [1.54, 1.807) is 6.07 Å². The summed E-state index contributed by atoms with van der Waals surface area (Å²) in [5.74, 6) is -0.0410. The average Bonchev–Trinajstić information content (AvgIpc) is 2.52. The molecule has 2 aliphatic rings. The van der Waals surface area contributed by atoms with Crippen LogP contribution >= 0.6 is 0 Å². The highest BCUT2D eigenvalue weighted by Crippen LogP contribution is 2.40. The Morgan fingerprint density at radius 3 is 2.50 bits per heavy atom. The molecule has 5 nitrogen and oxygen atoms in total. The van der Waals surface area contributed by atoms with Gasteiger partial charge in [-0.25, -0.2) is 0 Å². The molecule has 0 unspecified atom stereocenters. The van der Waals surface area contributed by atoms with Crippen LogP contribution in [-0.4, -0.2) is 38.8 Å². The Morgan fingerprint density at radius 2 is 1.88 bits per heavy atom. The zero-order valence-corrected chi connectivity index (χ0v) is 17.5. The van der Waals surface area contributed by atoms with E-state index in [4.69, 9.17) is 9.16 Å². The van der Waals surface area contributed by atoms with Gasteiger partial charge in [0, 0.05) is 0 Å². The van der Waals surface area contributed by atoms with Gasteiger partial charge in [0.1, 0.15) is 12.4 Å². The average molecular weight is 376 g/mol. The Balaban J connectivity index is 1.76. The molecule has 0 radical (unpaired) electrons. The van der Waals surface area contributed by atoms with Crippen molar-refractivity contribution >= 4 is 20.0 Å². The van der Waals surface area contributed by atoms with Gasteiger partial charge < -0.3 is 14.5 Å². The number of nitrogens with one attached hydrogen (secondary N) is 1. The molecule has 1 aromatic rings. The molecule has 1 fully saturated rings. The van der Waals surface area contributed by atoms with E-state index in [2.05, 4.69) is 39.2 Å².